The third-order valence-electron chi connectivity index (χ3n) is 1.57. The number of hydrogen-bond donors (Lipinski definition) is 3. The number of benzene rings is 1. The lowest BCUT2D eigenvalue weighted by atomic mass is 10.1. The Balaban J connectivity index is 3.21. The van der Waals surface area contributed by atoms with Gasteiger partial charge in [0.25, 0.3) is 0 Å². The number of phenols is 2. The van der Waals surface area contributed by atoms with E-state index in [0.29, 0.717) is 16.9 Å². The molecule has 0 saturated heterocycles. The van der Waals surface area contributed by atoms with Gasteiger partial charge in [0.05, 0.1) is 0 Å². The van der Waals surface area contributed by atoms with Crippen molar-refractivity contribution in [2.45, 2.75) is 12.7 Å². The molecule has 3 heteroatoms. The Morgan fingerprint density at radius 1 is 1.27 bits per heavy atom. The van der Waals surface area contributed by atoms with Crippen LogP contribution in [-0.2, 0) is 5.75 Å². The average molecular weight is 170 g/mol. The zero-order valence-corrected chi connectivity index (χ0v) is 7.10. The number of phenolic OH excluding ortho intramolecular Hbond substituents is 2. The van der Waals surface area contributed by atoms with Crippen molar-refractivity contribution in [3.8, 4) is 11.5 Å². The van der Waals surface area contributed by atoms with Crippen molar-refractivity contribution < 1.29 is 10.2 Å². The highest BCUT2D eigenvalue weighted by Gasteiger charge is 2.03. The fourth-order valence-corrected chi connectivity index (χ4v) is 1.10. The Hall–Kier alpha value is -0.830. The Morgan fingerprint density at radius 3 is 2.45 bits per heavy atom. The van der Waals surface area contributed by atoms with Crippen molar-refractivity contribution in [2.75, 3.05) is 0 Å². The number of aromatic hydroxyl groups is 2. The van der Waals surface area contributed by atoms with Crippen molar-refractivity contribution in [1.82, 2.24) is 0 Å². The normalized spacial score (nSPS) is 10.0. The zero-order chi connectivity index (χ0) is 8.43. The van der Waals surface area contributed by atoms with Gasteiger partial charge in [0, 0.05) is 11.3 Å². The largest absolute Gasteiger partial charge is 0.508 e. The maximum Gasteiger partial charge on any atom is 0.120 e. The second-order valence-electron chi connectivity index (χ2n) is 2.43. The first-order valence-electron chi connectivity index (χ1n) is 3.27. The van der Waals surface area contributed by atoms with Crippen LogP contribution < -0.4 is 0 Å². The Labute approximate surface area is 70.9 Å². The van der Waals surface area contributed by atoms with Crippen molar-refractivity contribution in [3.63, 3.8) is 0 Å². The van der Waals surface area contributed by atoms with Gasteiger partial charge in [-0.2, -0.15) is 12.6 Å². The molecule has 0 atom stereocenters. The number of thiol groups is 1. The average Bonchev–Trinajstić information content (AvgIpc) is 1.97. The van der Waals surface area contributed by atoms with Gasteiger partial charge in [-0.25, -0.2) is 0 Å². The van der Waals surface area contributed by atoms with E-state index in [9.17, 15) is 10.2 Å². The van der Waals surface area contributed by atoms with Gasteiger partial charge in [-0.05, 0) is 24.6 Å². The van der Waals surface area contributed by atoms with E-state index in [4.69, 9.17) is 0 Å². The van der Waals surface area contributed by atoms with E-state index in [0.717, 1.165) is 0 Å². The maximum atomic E-state index is 9.26. The molecule has 0 heterocycles. The van der Waals surface area contributed by atoms with E-state index in [-0.39, 0.29) is 11.5 Å². The summed E-state index contributed by atoms with van der Waals surface area (Å²) in [4.78, 5) is 0. The van der Waals surface area contributed by atoms with Crippen LogP contribution in [0.5, 0.6) is 11.5 Å². The van der Waals surface area contributed by atoms with Crippen LogP contribution in [0.1, 0.15) is 11.1 Å². The molecular weight excluding hydrogens is 160 g/mol. The molecule has 0 aliphatic carbocycles. The van der Waals surface area contributed by atoms with Crippen molar-refractivity contribution in [3.05, 3.63) is 23.3 Å². The molecule has 0 aliphatic rings. The monoisotopic (exact) mass is 170 g/mol. The van der Waals surface area contributed by atoms with Gasteiger partial charge in [0.15, 0.2) is 0 Å². The summed E-state index contributed by atoms with van der Waals surface area (Å²) in [6.07, 6.45) is 0. The molecule has 1 aromatic rings. The van der Waals surface area contributed by atoms with Gasteiger partial charge in [0.1, 0.15) is 11.5 Å². The summed E-state index contributed by atoms with van der Waals surface area (Å²) < 4.78 is 0. The van der Waals surface area contributed by atoms with Gasteiger partial charge < -0.3 is 10.2 Å². The molecule has 0 bridgehead atoms. The van der Waals surface area contributed by atoms with E-state index in [1.54, 1.807) is 6.92 Å². The van der Waals surface area contributed by atoms with Crippen LogP contribution in [-0.4, -0.2) is 10.2 Å². The highest BCUT2D eigenvalue weighted by Crippen LogP contribution is 2.27. The molecule has 1 aromatic carbocycles. The molecule has 0 amide bonds. The standard InChI is InChI=1S/C8H10O2S/c1-5-2-8(10)6(4-11)3-7(5)9/h2-3,9-11H,4H2,1H3. The molecule has 0 spiro atoms. The predicted octanol–water partition coefficient (Wildman–Crippen LogP) is 1.84. The second kappa shape index (κ2) is 3.05. The maximum absolute atomic E-state index is 9.26. The number of aryl methyl sites for hydroxylation is 1. The molecule has 1 rings (SSSR count). The third-order valence-corrected chi connectivity index (χ3v) is 1.91. The Kier molecular flexibility index (Phi) is 2.29. The lowest BCUT2D eigenvalue weighted by Gasteiger charge is -2.03. The molecule has 60 valence electrons. The highest BCUT2D eigenvalue weighted by molar-refractivity contribution is 7.79. The van der Waals surface area contributed by atoms with Crippen LogP contribution in [0.3, 0.4) is 0 Å². The molecule has 0 radical (unpaired) electrons. The van der Waals surface area contributed by atoms with E-state index in [1.165, 1.54) is 12.1 Å². The molecule has 0 aliphatic heterocycles. The van der Waals surface area contributed by atoms with E-state index in [1.807, 2.05) is 0 Å². The zero-order valence-electron chi connectivity index (χ0n) is 6.20. The molecule has 0 unspecified atom stereocenters. The van der Waals surface area contributed by atoms with Gasteiger partial charge in [-0.3, -0.25) is 0 Å². The van der Waals surface area contributed by atoms with Crippen LogP contribution in [0.2, 0.25) is 0 Å². The Bertz CT molecular complexity index is 271. The van der Waals surface area contributed by atoms with Crippen LogP contribution in [0.25, 0.3) is 0 Å². The summed E-state index contributed by atoms with van der Waals surface area (Å²) in [7, 11) is 0. The SMILES string of the molecule is Cc1cc(O)c(CS)cc1O. The minimum atomic E-state index is 0.190. The topological polar surface area (TPSA) is 40.5 Å². The highest BCUT2D eigenvalue weighted by atomic mass is 32.1. The van der Waals surface area contributed by atoms with Gasteiger partial charge >= 0.3 is 0 Å². The lowest BCUT2D eigenvalue weighted by molar-refractivity contribution is 0.453. The van der Waals surface area contributed by atoms with Gasteiger partial charge in [-0.15, -0.1) is 0 Å². The first kappa shape index (κ1) is 8.27. The van der Waals surface area contributed by atoms with E-state index >= 15 is 0 Å². The molecule has 2 nitrogen and oxygen atoms in total. The summed E-state index contributed by atoms with van der Waals surface area (Å²) in [5.41, 5.74) is 1.32. The quantitative estimate of drug-likeness (QED) is 0.444. The summed E-state index contributed by atoms with van der Waals surface area (Å²) in [6, 6.07) is 3.05. The van der Waals surface area contributed by atoms with E-state index in [2.05, 4.69) is 12.6 Å². The minimum absolute atomic E-state index is 0.190. The molecule has 11 heavy (non-hydrogen) atoms. The molecule has 0 saturated carbocycles. The summed E-state index contributed by atoms with van der Waals surface area (Å²) >= 11 is 3.99. The summed E-state index contributed by atoms with van der Waals surface area (Å²) in [5.74, 6) is 0.821. The second-order valence-corrected chi connectivity index (χ2v) is 2.74. The van der Waals surface area contributed by atoms with Gasteiger partial charge in [0.2, 0.25) is 0 Å². The van der Waals surface area contributed by atoms with E-state index < -0.39 is 0 Å². The van der Waals surface area contributed by atoms with Crippen LogP contribution in [0.15, 0.2) is 12.1 Å². The Morgan fingerprint density at radius 2 is 1.91 bits per heavy atom. The predicted molar refractivity (Wildman–Crippen MR) is 47.2 cm³/mol. The molecule has 0 fully saturated rings. The minimum Gasteiger partial charge on any atom is -0.508 e. The molecule has 0 aromatic heterocycles. The van der Waals surface area contributed by atoms with Crippen LogP contribution in [0, 0.1) is 6.92 Å². The van der Waals surface area contributed by atoms with Crippen molar-refractivity contribution in [2.24, 2.45) is 0 Å². The van der Waals surface area contributed by atoms with Crippen molar-refractivity contribution in [1.29, 1.82) is 0 Å². The van der Waals surface area contributed by atoms with Crippen LogP contribution >= 0.6 is 12.6 Å². The smallest absolute Gasteiger partial charge is 0.120 e. The van der Waals surface area contributed by atoms with Crippen LogP contribution in [0.4, 0.5) is 0 Å². The van der Waals surface area contributed by atoms with Crippen molar-refractivity contribution >= 4 is 12.6 Å². The fourth-order valence-electron chi connectivity index (χ4n) is 0.851. The summed E-state index contributed by atoms with van der Waals surface area (Å²) in [5, 5.41) is 18.5. The first-order chi connectivity index (χ1) is 5.15. The fraction of sp³-hybridized carbons (Fsp3) is 0.250. The third kappa shape index (κ3) is 1.60. The molecule has 2 N–H and O–H groups in total. The molecular formula is C8H10O2S. The number of rotatable bonds is 1. The van der Waals surface area contributed by atoms with Gasteiger partial charge in [-0.1, -0.05) is 0 Å². The lowest BCUT2D eigenvalue weighted by Crippen LogP contribution is -1.82. The number of hydrogen-bond acceptors (Lipinski definition) is 3. The first-order valence-corrected chi connectivity index (χ1v) is 3.90. The summed E-state index contributed by atoms with van der Waals surface area (Å²) in [6.45, 7) is 1.73.